The third-order valence-electron chi connectivity index (χ3n) is 5.02. The van der Waals surface area contributed by atoms with Gasteiger partial charge in [0.15, 0.2) is 0 Å². The van der Waals surface area contributed by atoms with Gasteiger partial charge in [-0.05, 0) is 42.9 Å². The van der Waals surface area contributed by atoms with Gasteiger partial charge in [0.2, 0.25) is 5.91 Å². The lowest BCUT2D eigenvalue weighted by atomic mass is 9.97. The number of hydrogen-bond acceptors (Lipinski definition) is 2. The van der Waals surface area contributed by atoms with Crippen LogP contribution in [0, 0.1) is 5.92 Å². The minimum Gasteiger partial charge on any atom is -0.480 e. The Hall–Kier alpha value is -2.05. The lowest BCUT2D eigenvalue weighted by Gasteiger charge is -2.25. The van der Waals surface area contributed by atoms with Crippen LogP contribution in [0.5, 0.6) is 0 Å². The number of amides is 1. The van der Waals surface area contributed by atoms with Crippen molar-refractivity contribution in [3.8, 4) is 0 Å². The fourth-order valence-electron chi connectivity index (χ4n) is 3.47. The molecule has 1 amide bonds. The van der Waals surface area contributed by atoms with E-state index in [-0.39, 0.29) is 17.7 Å². The Morgan fingerprint density at radius 2 is 1.71 bits per heavy atom. The molecule has 0 radical (unpaired) electrons. The van der Waals surface area contributed by atoms with E-state index in [0.29, 0.717) is 24.8 Å². The van der Waals surface area contributed by atoms with Crippen molar-refractivity contribution < 1.29 is 27.9 Å². The maximum atomic E-state index is 12.6. The normalized spacial score (nSPS) is 25.3. The summed E-state index contributed by atoms with van der Waals surface area (Å²) in [6, 6.07) is 4.81. The van der Waals surface area contributed by atoms with Crippen molar-refractivity contribution in [3.05, 3.63) is 35.4 Å². The van der Waals surface area contributed by atoms with Gasteiger partial charge >= 0.3 is 12.1 Å². The van der Waals surface area contributed by atoms with E-state index in [1.165, 1.54) is 12.1 Å². The summed E-state index contributed by atoms with van der Waals surface area (Å²) in [6.45, 7) is 0. The van der Waals surface area contributed by atoms with E-state index in [4.69, 9.17) is 0 Å². The quantitative estimate of drug-likeness (QED) is 0.883. The fourth-order valence-corrected chi connectivity index (χ4v) is 3.47. The van der Waals surface area contributed by atoms with E-state index < -0.39 is 23.2 Å². The van der Waals surface area contributed by atoms with Crippen LogP contribution in [0.1, 0.15) is 49.1 Å². The first-order valence-corrected chi connectivity index (χ1v) is 7.95. The van der Waals surface area contributed by atoms with Crippen molar-refractivity contribution >= 4 is 11.9 Å². The van der Waals surface area contributed by atoms with Gasteiger partial charge in [-0.3, -0.25) is 4.79 Å². The average molecular weight is 341 g/mol. The van der Waals surface area contributed by atoms with Gasteiger partial charge in [-0.25, -0.2) is 4.79 Å². The van der Waals surface area contributed by atoms with E-state index in [2.05, 4.69) is 5.32 Å². The summed E-state index contributed by atoms with van der Waals surface area (Å²) in [4.78, 5) is 23.8. The average Bonchev–Trinajstić information content (AvgIpc) is 3.18. The Balaban J connectivity index is 1.64. The van der Waals surface area contributed by atoms with Crippen molar-refractivity contribution in [1.82, 2.24) is 5.32 Å². The molecule has 2 N–H and O–H groups in total. The van der Waals surface area contributed by atoms with Crippen LogP contribution in [0.4, 0.5) is 13.2 Å². The Labute approximate surface area is 137 Å². The molecule has 4 nitrogen and oxygen atoms in total. The Kier molecular flexibility index (Phi) is 4.05. The van der Waals surface area contributed by atoms with Crippen LogP contribution in [-0.4, -0.2) is 22.5 Å². The molecule has 0 bridgehead atoms. The molecule has 3 rings (SSSR count). The molecule has 0 heterocycles. The van der Waals surface area contributed by atoms with Crippen LogP contribution in [-0.2, 0) is 15.8 Å². The molecule has 1 aromatic carbocycles. The zero-order valence-electron chi connectivity index (χ0n) is 12.9. The van der Waals surface area contributed by atoms with Gasteiger partial charge in [-0.1, -0.05) is 25.0 Å². The summed E-state index contributed by atoms with van der Waals surface area (Å²) in [6.07, 6.45) is -1.47. The predicted octanol–water partition coefficient (Wildman–Crippen LogP) is 3.32. The summed E-state index contributed by atoms with van der Waals surface area (Å²) in [5.74, 6) is -1.83. The number of carboxylic acids is 1. The van der Waals surface area contributed by atoms with E-state index in [0.717, 1.165) is 25.0 Å². The van der Waals surface area contributed by atoms with Crippen molar-refractivity contribution in [1.29, 1.82) is 0 Å². The van der Waals surface area contributed by atoms with Crippen molar-refractivity contribution in [2.75, 3.05) is 0 Å². The van der Waals surface area contributed by atoms with Crippen LogP contribution >= 0.6 is 0 Å². The number of hydrogen-bond donors (Lipinski definition) is 2. The lowest BCUT2D eigenvalue weighted by molar-refractivity contribution is -0.147. The summed E-state index contributed by atoms with van der Waals surface area (Å²) in [5, 5.41) is 12.1. The first-order chi connectivity index (χ1) is 11.2. The molecule has 0 aliphatic heterocycles. The highest BCUT2D eigenvalue weighted by molar-refractivity contribution is 5.90. The standard InChI is InChI=1S/C17H18F3NO3/c18-17(19,20)11-5-3-10(4-6-11)12-9-13(12)14(22)21-16(15(23)24)7-1-2-8-16/h3-6,12-13H,1-2,7-9H2,(H,21,22)(H,23,24). The maximum absolute atomic E-state index is 12.6. The van der Waals surface area contributed by atoms with Crippen molar-refractivity contribution in [3.63, 3.8) is 0 Å². The van der Waals surface area contributed by atoms with Gasteiger partial charge < -0.3 is 10.4 Å². The zero-order chi connectivity index (χ0) is 17.5. The Morgan fingerprint density at radius 1 is 1.12 bits per heavy atom. The van der Waals surface area contributed by atoms with Crippen LogP contribution in [0.15, 0.2) is 24.3 Å². The van der Waals surface area contributed by atoms with Gasteiger partial charge in [0.05, 0.1) is 5.56 Å². The minimum absolute atomic E-state index is 0.139. The third kappa shape index (κ3) is 3.12. The van der Waals surface area contributed by atoms with Gasteiger partial charge in [0, 0.05) is 5.92 Å². The molecule has 130 valence electrons. The highest BCUT2D eigenvalue weighted by Crippen LogP contribution is 2.48. The second-order valence-electron chi connectivity index (χ2n) is 6.65. The third-order valence-corrected chi connectivity index (χ3v) is 5.02. The molecule has 0 aromatic heterocycles. The smallest absolute Gasteiger partial charge is 0.416 e. The molecule has 2 fully saturated rings. The Bertz CT molecular complexity index is 648. The second-order valence-corrected chi connectivity index (χ2v) is 6.65. The van der Waals surface area contributed by atoms with Crippen molar-refractivity contribution in [2.24, 2.45) is 5.92 Å². The lowest BCUT2D eigenvalue weighted by Crippen LogP contribution is -2.53. The Morgan fingerprint density at radius 3 is 2.21 bits per heavy atom. The largest absolute Gasteiger partial charge is 0.480 e. The predicted molar refractivity (Wildman–Crippen MR) is 79.3 cm³/mol. The van der Waals surface area contributed by atoms with Crippen LogP contribution < -0.4 is 5.32 Å². The molecule has 2 unspecified atom stereocenters. The maximum Gasteiger partial charge on any atom is 0.416 e. The van der Waals surface area contributed by atoms with Crippen molar-refractivity contribution in [2.45, 2.75) is 49.7 Å². The monoisotopic (exact) mass is 341 g/mol. The molecule has 2 aliphatic carbocycles. The van der Waals surface area contributed by atoms with Crippen LogP contribution in [0.25, 0.3) is 0 Å². The number of rotatable bonds is 4. The summed E-state index contributed by atoms with van der Waals surface area (Å²) in [7, 11) is 0. The molecular weight excluding hydrogens is 323 g/mol. The second kappa shape index (κ2) is 5.79. The van der Waals surface area contributed by atoms with Crippen LogP contribution in [0.2, 0.25) is 0 Å². The number of benzene rings is 1. The van der Waals surface area contributed by atoms with Gasteiger partial charge in [0.1, 0.15) is 5.54 Å². The molecule has 1 aromatic rings. The van der Waals surface area contributed by atoms with Gasteiger partial charge in [-0.15, -0.1) is 0 Å². The molecule has 7 heteroatoms. The van der Waals surface area contributed by atoms with Crippen LogP contribution in [0.3, 0.4) is 0 Å². The van der Waals surface area contributed by atoms with Gasteiger partial charge in [0.25, 0.3) is 0 Å². The molecule has 2 atom stereocenters. The summed E-state index contributed by atoms with van der Waals surface area (Å²) < 4.78 is 37.7. The number of aliphatic carboxylic acids is 1. The summed E-state index contributed by atoms with van der Waals surface area (Å²) in [5.41, 5.74) is -1.22. The molecule has 0 saturated heterocycles. The molecular formula is C17H18F3NO3. The number of carbonyl (C=O) groups excluding carboxylic acids is 1. The number of halogens is 3. The van der Waals surface area contributed by atoms with E-state index in [1.54, 1.807) is 0 Å². The SMILES string of the molecule is O=C(NC1(C(=O)O)CCCC1)C1CC1c1ccc(C(F)(F)F)cc1. The zero-order valence-corrected chi connectivity index (χ0v) is 12.9. The number of carboxylic acid groups (broad SMARTS) is 1. The van der Waals surface area contributed by atoms with E-state index in [9.17, 15) is 27.9 Å². The highest BCUT2D eigenvalue weighted by atomic mass is 19.4. The highest BCUT2D eigenvalue weighted by Gasteiger charge is 2.49. The van der Waals surface area contributed by atoms with E-state index in [1.807, 2.05) is 0 Å². The molecule has 2 saturated carbocycles. The number of alkyl halides is 3. The van der Waals surface area contributed by atoms with E-state index >= 15 is 0 Å². The fraction of sp³-hybridized carbons (Fsp3) is 0.529. The summed E-state index contributed by atoms with van der Waals surface area (Å²) >= 11 is 0. The molecule has 0 spiro atoms. The first-order valence-electron chi connectivity index (χ1n) is 7.95. The topological polar surface area (TPSA) is 66.4 Å². The minimum atomic E-state index is -4.38. The number of carbonyl (C=O) groups is 2. The number of nitrogens with one attached hydrogen (secondary N) is 1. The van der Waals surface area contributed by atoms with Gasteiger partial charge in [-0.2, -0.15) is 13.2 Å². The first kappa shape index (κ1) is 16.8. The molecule has 2 aliphatic rings. The molecule has 24 heavy (non-hydrogen) atoms.